The minimum Gasteiger partial charge on any atom is -0.504 e. The summed E-state index contributed by atoms with van der Waals surface area (Å²) in [6.07, 6.45) is 1.45. The molecule has 128 valence electrons. The topological polar surface area (TPSA) is 84.1 Å². The summed E-state index contributed by atoms with van der Waals surface area (Å²) in [5.74, 6) is 0.0796. The highest BCUT2D eigenvalue weighted by Crippen LogP contribution is 2.28. The fourth-order valence-corrected chi connectivity index (χ4v) is 3.84. The number of benzene rings is 2. The van der Waals surface area contributed by atoms with Gasteiger partial charge in [0.15, 0.2) is 17.3 Å². The second-order valence-electron chi connectivity index (χ2n) is 5.05. The fraction of sp³-hybridized carbons (Fsp3) is 0.0588. The molecule has 0 spiro atoms. The molecule has 3 rings (SSSR count). The molecule has 0 aliphatic carbocycles. The molecule has 2 aromatic carbocycles. The van der Waals surface area contributed by atoms with Crippen molar-refractivity contribution >= 4 is 61.6 Å². The number of carbonyl (C=O) groups excluding carboxylic acids is 1. The Morgan fingerprint density at radius 2 is 2.16 bits per heavy atom. The Morgan fingerprint density at radius 1 is 1.36 bits per heavy atom. The number of fused-ring (bicyclic) bond motifs is 1. The summed E-state index contributed by atoms with van der Waals surface area (Å²) in [4.78, 5) is 12.2. The van der Waals surface area contributed by atoms with Crippen molar-refractivity contribution < 1.29 is 19.1 Å². The first kappa shape index (κ1) is 17.7. The van der Waals surface area contributed by atoms with Crippen molar-refractivity contribution in [3.05, 3.63) is 55.8 Å². The minimum atomic E-state index is -0.454. The maximum atomic E-state index is 12.2. The van der Waals surface area contributed by atoms with E-state index in [0.717, 1.165) is 13.4 Å². The molecule has 1 heterocycles. The second kappa shape index (κ2) is 7.44. The van der Waals surface area contributed by atoms with E-state index >= 15 is 0 Å². The van der Waals surface area contributed by atoms with Gasteiger partial charge < -0.3 is 14.3 Å². The number of hydrazone groups is 1. The van der Waals surface area contributed by atoms with Gasteiger partial charge in [-0.15, -0.1) is 0 Å². The molecule has 6 nitrogen and oxygen atoms in total. The molecular formula is C17H12BrIN2O4. The number of rotatable bonds is 4. The van der Waals surface area contributed by atoms with Gasteiger partial charge in [0.1, 0.15) is 5.58 Å². The molecule has 0 aliphatic heterocycles. The van der Waals surface area contributed by atoms with Crippen LogP contribution in [0.15, 0.2) is 50.4 Å². The monoisotopic (exact) mass is 514 g/mol. The van der Waals surface area contributed by atoms with E-state index in [1.807, 2.05) is 12.1 Å². The summed E-state index contributed by atoms with van der Waals surface area (Å²) in [7, 11) is 1.46. The van der Waals surface area contributed by atoms with Crippen LogP contribution in [0.4, 0.5) is 0 Å². The molecule has 0 atom stereocenters. The third-order valence-corrected chi connectivity index (χ3v) is 4.60. The number of methoxy groups -OCH3 is 1. The lowest BCUT2D eigenvalue weighted by Gasteiger charge is -2.03. The highest BCUT2D eigenvalue weighted by molar-refractivity contribution is 14.1. The Hall–Kier alpha value is -2.07. The maximum absolute atomic E-state index is 12.2. The zero-order chi connectivity index (χ0) is 18.0. The quantitative estimate of drug-likeness (QED) is 0.309. The third kappa shape index (κ3) is 3.96. The van der Waals surface area contributed by atoms with E-state index in [9.17, 15) is 9.90 Å². The first-order valence-corrected chi connectivity index (χ1v) is 8.94. The molecule has 1 aromatic heterocycles. The van der Waals surface area contributed by atoms with E-state index < -0.39 is 5.91 Å². The number of hydrogen-bond acceptors (Lipinski definition) is 5. The van der Waals surface area contributed by atoms with Crippen molar-refractivity contribution in [2.75, 3.05) is 7.11 Å². The summed E-state index contributed by atoms with van der Waals surface area (Å²) >= 11 is 5.56. The summed E-state index contributed by atoms with van der Waals surface area (Å²) in [6, 6.07) is 10.2. The number of aromatic hydroxyl groups is 1. The average Bonchev–Trinajstić information content (AvgIpc) is 3.00. The molecule has 0 bridgehead atoms. The van der Waals surface area contributed by atoms with Gasteiger partial charge in [-0.25, -0.2) is 5.43 Å². The third-order valence-electron chi connectivity index (χ3n) is 3.34. The molecule has 0 saturated carbocycles. The smallest absolute Gasteiger partial charge is 0.307 e. The van der Waals surface area contributed by atoms with Gasteiger partial charge in [-0.2, -0.15) is 5.10 Å². The summed E-state index contributed by atoms with van der Waals surface area (Å²) in [5, 5.41) is 14.3. The normalized spacial score (nSPS) is 11.2. The molecule has 2 N–H and O–H groups in total. The van der Waals surface area contributed by atoms with Gasteiger partial charge in [0.2, 0.25) is 0 Å². The largest absolute Gasteiger partial charge is 0.504 e. The van der Waals surface area contributed by atoms with Crippen LogP contribution in [0.25, 0.3) is 11.0 Å². The Labute approximate surface area is 165 Å². The van der Waals surface area contributed by atoms with E-state index in [2.05, 4.69) is 49.0 Å². The van der Waals surface area contributed by atoms with E-state index in [0.29, 0.717) is 16.9 Å². The molecule has 25 heavy (non-hydrogen) atoms. The van der Waals surface area contributed by atoms with Crippen molar-refractivity contribution in [2.45, 2.75) is 0 Å². The van der Waals surface area contributed by atoms with Crippen LogP contribution in [0.1, 0.15) is 16.1 Å². The predicted molar refractivity (Wildman–Crippen MR) is 106 cm³/mol. The van der Waals surface area contributed by atoms with Crippen molar-refractivity contribution in [3.8, 4) is 11.5 Å². The van der Waals surface area contributed by atoms with Gasteiger partial charge in [-0.1, -0.05) is 15.9 Å². The Balaban J connectivity index is 1.75. The number of nitrogens with one attached hydrogen (secondary N) is 1. The van der Waals surface area contributed by atoms with Crippen molar-refractivity contribution in [2.24, 2.45) is 5.10 Å². The van der Waals surface area contributed by atoms with Crippen LogP contribution in [-0.4, -0.2) is 24.3 Å². The zero-order valence-electron chi connectivity index (χ0n) is 12.9. The zero-order valence-corrected chi connectivity index (χ0v) is 16.7. The average molecular weight is 515 g/mol. The van der Waals surface area contributed by atoms with Crippen LogP contribution in [0, 0.1) is 3.57 Å². The molecular weight excluding hydrogens is 503 g/mol. The standard InChI is InChI=1S/C17H12BrIN2O4/c1-24-14-4-9(2-3-13(14)22)8-20-21-17(23)15-6-10-5-11(18)7-12(19)16(10)25-15/h2-8,22H,1H3,(H,21,23)/b20-8-. The van der Waals surface area contributed by atoms with Gasteiger partial charge in [0.05, 0.1) is 16.9 Å². The molecule has 0 aliphatic rings. The van der Waals surface area contributed by atoms with Gasteiger partial charge in [-0.3, -0.25) is 4.79 Å². The maximum Gasteiger partial charge on any atom is 0.307 e. The van der Waals surface area contributed by atoms with Crippen LogP contribution in [0.5, 0.6) is 11.5 Å². The second-order valence-corrected chi connectivity index (χ2v) is 7.12. The van der Waals surface area contributed by atoms with Crippen LogP contribution in [-0.2, 0) is 0 Å². The Morgan fingerprint density at radius 3 is 2.92 bits per heavy atom. The van der Waals surface area contributed by atoms with Crippen molar-refractivity contribution in [3.63, 3.8) is 0 Å². The fourth-order valence-electron chi connectivity index (χ4n) is 2.18. The molecule has 8 heteroatoms. The van der Waals surface area contributed by atoms with E-state index in [-0.39, 0.29) is 11.5 Å². The predicted octanol–water partition coefficient (Wildman–Crippen LogP) is 4.28. The van der Waals surface area contributed by atoms with Gasteiger partial charge >= 0.3 is 5.91 Å². The lowest BCUT2D eigenvalue weighted by molar-refractivity contribution is 0.0929. The molecule has 3 aromatic rings. The van der Waals surface area contributed by atoms with Crippen LogP contribution in [0.2, 0.25) is 0 Å². The number of phenols is 1. The van der Waals surface area contributed by atoms with E-state index in [4.69, 9.17) is 9.15 Å². The van der Waals surface area contributed by atoms with Crippen LogP contribution in [0.3, 0.4) is 0 Å². The SMILES string of the molecule is COc1cc(/C=N\NC(=O)c2cc3cc(Br)cc(I)c3o2)ccc1O. The lowest BCUT2D eigenvalue weighted by atomic mass is 10.2. The number of ether oxygens (including phenoxy) is 1. The Bertz CT molecular complexity index is 984. The van der Waals surface area contributed by atoms with Gasteiger partial charge in [0, 0.05) is 9.86 Å². The first-order valence-electron chi connectivity index (χ1n) is 7.07. The highest BCUT2D eigenvalue weighted by atomic mass is 127. The first-order chi connectivity index (χ1) is 12.0. The molecule has 1 amide bonds. The van der Waals surface area contributed by atoms with Gasteiger partial charge in [-0.05, 0) is 64.6 Å². The summed E-state index contributed by atoms with van der Waals surface area (Å²) < 4.78 is 12.4. The van der Waals surface area contributed by atoms with Crippen LogP contribution >= 0.6 is 38.5 Å². The summed E-state index contributed by atoms with van der Waals surface area (Å²) in [5.41, 5.74) is 3.73. The number of nitrogens with zero attached hydrogens (tertiary/aromatic N) is 1. The number of amides is 1. The lowest BCUT2D eigenvalue weighted by Crippen LogP contribution is -2.16. The van der Waals surface area contributed by atoms with E-state index in [1.165, 1.54) is 19.4 Å². The van der Waals surface area contributed by atoms with Gasteiger partial charge in [0.25, 0.3) is 0 Å². The van der Waals surface area contributed by atoms with Crippen molar-refractivity contribution in [1.82, 2.24) is 5.43 Å². The van der Waals surface area contributed by atoms with E-state index in [1.54, 1.807) is 18.2 Å². The van der Waals surface area contributed by atoms with Crippen molar-refractivity contribution in [1.29, 1.82) is 0 Å². The Kier molecular flexibility index (Phi) is 5.28. The molecule has 0 saturated heterocycles. The number of hydrogen-bond donors (Lipinski definition) is 2. The number of phenolic OH excluding ortho intramolecular Hbond substituents is 1. The highest BCUT2D eigenvalue weighted by Gasteiger charge is 2.14. The molecule has 0 unspecified atom stereocenters. The number of halogens is 2. The number of furan rings is 1. The molecule has 0 radical (unpaired) electrons. The number of carbonyl (C=O) groups is 1. The molecule has 0 fully saturated rings. The summed E-state index contributed by atoms with van der Waals surface area (Å²) in [6.45, 7) is 0. The van der Waals surface area contributed by atoms with Crippen LogP contribution < -0.4 is 10.2 Å². The minimum absolute atomic E-state index is 0.0340.